The third kappa shape index (κ3) is 8.55. The molecule has 7 rings (SSSR count). The Bertz CT molecular complexity index is 2420. The molecule has 0 fully saturated rings. The standard InChI is InChI=1S/C46H47BrN4O5/c1-5-32-22-31(16-20-44(32)56-28-45(53)54-6-2)27-55-43-14-10-8-12-34(43)26-50(39-19-17-35(47)23-37(39)48)41-24-36(41)30(4)46-49-38-21-29(3)15-18-40(38)51(46)25-33-11-7-9-13-42(33)52/h7-23,30,52H,5-6,24-28,48H2,1-4H3. The number of anilines is 2. The fourth-order valence-electron chi connectivity index (χ4n) is 7.22. The number of phenolic OH excluding ortho intramolecular Hbond substituents is 1. The van der Waals surface area contributed by atoms with Gasteiger partial charge in [0.15, 0.2) is 6.61 Å². The van der Waals surface area contributed by atoms with E-state index in [0.29, 0.717) is 37.7 Å². The second kappa shape index (κ2) is 17.0. The number of allylic oxidation sites excluding steroid dienone is 2. The van der Waals surface area contributed by atoms with Gasteiger partial charge in [0.1, 0.15) is 29.7 Å². The van der Waals surface area contributed by atoms with Crippen LogP contribution in [0.4, 0.5) is 11.4 Å². The van der Waals surface area contributed by atoms with Crippen LogP contribution in [0.25, 0.3) is 11.0 Å². The molecule has 288 valence electrons. The first-order valence-corrected chi connectivity index (χ1v) is 19.8. The van der Waals surface area contributed by atoms with Gasteiger partial charge in [-0.25, -0.2) is 9.78 Å². The number of phenols is 1. The number of esters is 1. The zero-order valence-electron chi connectivity index (χ0n) is 32.2. The molecule has 0 amide bonds. The number of imidazole rings is 1. The molecular weight excluding hydrogens is 768 g/mol. The number of nitrogen functional groups attached to an aromatic ring is 1. The summed E-state index contributed by atoms with van der Waals surface area (Å²) in [6.07, 6.45) is 1.55. The van der Waals surface area contributed by atoms with Gasteiger partial charge in [-0.15, -0.1) is 0 Å². The second-order valence-electron chi connectivity index (χ2n) is 14.1. The Hall–Kier alpha value is -5.74. The summed E-state index contributed by atoms with van der Waals surface area (Å²) in [5, 5.41) is 10.7. The molecule has 0 saturated heterocycles. The smallest absolute Gasteiger partial charge is 0.344 e. The molecular formula is C46H47BrN4O5. The van der Waals surface area contributed by atoms with Crippen molar-refractivity contribution < 1.29 is 24.1 Å². The van der Waals surface area contributed by atoms with E-state index in [2.05, 4.69) is 82.6 Å². The van der Waals surface area contributed by atoms with Gasteiger partial charge in [-0.05, 0) is 97.1 Å². The highest BCUT2D eigenvalue weighted by Crippen LogP contribution is 2.48. The number of nitrogens with two attached hydrogens (primary N) is 1. The third-order valence-corrected chi connectivity index (χ3v) is 10.7. The molecule has 1 aliphatic rings. The molecule has 1 unspecified atom stereocenters. The van der Waals surface area contributed by atoms with Crippen LogP contribution in [0, 0.1) is 6.92 Å². The number of hydrogen-bond acceptors (Lipinski definition) is 8. The molecule has 9 nitrogen and oxygen atoms in total. The van der Waals surface area contributed by atoms with E-state index >= 15 is 0 Å². The molecule has 1 atom stereocenters. The van der Waals surface area contributed by atoms with E-state index < -0.39 is 0 Å². The second-order valence-corrected chi connectivity index (χ2v) is 15.0. The van der Waals surface area contributed by atoms with Crippen LogP contribution in [-0.2, 0) is 35.6 Å². The third-order valence-electron chi connectivity index (χ3n) is 10.2. The Kier molecular flexibility index (Phi) is 11.7. The Morgan fingerprint density at radius 3 is 2.46 bits per heavy atom. The lowest BCUT2D eigenvalue weighted by Crippen LogP contribution is -2.20. The molecule has 0 spiro atoms. The Balaban J connectivity index is 1.17. The largest absolute Gasteiger partial charge is 0.508 e. The number of aromatic hydroxyl groups is 1. The van der Waals surface area contributed by atoms with Crippen LogP contribution in [0.2, 0.25) is 0 Å². The van der Waals surface area contributed by atoms with Crippen LogP contribution in [0.3, 0.4) is 0 Å². The van der Waals surface area contributed by atoms with Crippen LogP contribution < -0.4 is 20.1 Å². The fourth-order valence-corrected chi connectivity index (χ4v) is 7.60. The van der Waals surface area contributed by atoms with Crippen molar-refractivity contribution in [2.24, 2.45) is 0 Å². The number of carbonyl (C=O) groups is 1. The molecule has 0 aliphatic heterocycles. The SMILES string of the molecule is CCOC(=O)COc1ccc(COc2ccccc2CN(C2=C(C(C)c3nc4cc(C)ccc4n3Cc3ccccc3O)C2)c2ccc(Br)cc2N)cc1CC. The minimum atomic E-state index is -0.389. The molecule has 1 heterocycles. The number of carbonyl (C=O) groups excluding carboxylic acids is 1. The van der Waals surface area contributed by atoms with Crippen molar-refractivity contribution in [2.75, 3.05) is 23.8 Å². The Morgan fingerprint density at radius 2 is 1.70 bits per heavy atom. The fraction of sp³-hybridized carbons (Fsp3) is 0.261. The molecule has 0 bridgehead atoms. The molecule has 0 saturated carbocycles. The molecule has 1 aromatic heterocycles. The van der Waals surface area contributed by atoms with Crippen molar-refractivity contribution in [1.82, 2.24) is 9.55 Å². The lowest BCUT2D eigenvalue weighted by molar-refractivity contribution is -0.145. The predicted molar refractivity (Wildman–Crippen MR) is 225 cm³/mol. The number of ether oxygens (including phenoxy) is 3. The summed E-state index contributed by atoms with van der Waals surface area (Å²) in [6.45, 7) is 9.73. The minimum absolute atomic E-state index is 0.00577. The van der Waals surface area contributed by atoms with Crippen molar-refractivity contribution >= 4 is 44.3 Å². The maximum atomic E-state index is 11.9. The zero-order chi connectivity index (χ0) is 39.3. The Labute approximate surface area is 336 Å². The summed E-state index contributed by atoms with van der Waals surface area (Å²) in [5.41, 5.74) is 17.8. The number of fused-ring (bicyclic) bond motifs is 1. The van der Waals surface area contributed by atoms with Gasteiger partial charge >= 0.3 is 5.97 Å². The number of nitrogens with zero attached hydrogens (tertiary/aromatic N) is 3. The van der Waals surface area contributed by atoms with Crippen LogP contribution in [0.1, 0.15) is 66.8 Å². The maximum Gasteiger partial charge on any atom is 0.344 e. The summed E-state index contributed by atoms with van der Waals surface area (Å²) in [4.78, 5) is 19.4. The van der Waals surface area contributed by atoms with Crippen molar-refractivity contribution in [2.45, 2.75) is 66.2 Å². The average Bonchev–Trinajstić information content (AvgIpc) is 3.91. The predicted octanol–water partition coefficient (Wildman–Crippen LogP) is 9.99. The van der Waals surface area contributed by atoms with Crippen molar-refractivity contribution in [3.8, 4) is 17.2 Å². The van der Waals surface area contributed by atoms with Gasteiger partial charge in [0.25, 0.3) is 0 Å². The number of rotatable bonds is 16. The summed E-state index contributed by atoms with van der Waals surface area (Å²) < 4.78 is 20.5. The van der Waals surface area contributed by atoms with Crippen molar-refractivity contribution in [1.29, 1.82) is 0 Å². The first-order chi connectivity index (χ1) is 27.1. The zero-order valence-corrected chi connectivity index (χ0v) is 33.8. The lowest BCUT2D eigenvalue weighted by atomic mass is 10.1. The average molecular weight is 816 g/mol. The van der Waals surface area contributed by atoms with E-state index in [9.17, 15) is 9.90 Å². The highest BCUT2D eigenvalue weighted by Gasteiger charge is 2.36. The first kappa shape index (κ1) is 38.5. The molecule has 6 aromatic rings. The maximum absolute atomic E-state index is 11.9. The molecule has 0 radical (unpaired) electrons. The minimum Gasteiger partial charge on any atom is -0.508 e. The van der Waals surface area contributed by atoms with Gasteiger partial charge in [-0.3, -0.25) is 0 Å². The lowest BCUT2D eigenvalue weighted by Gasteiger charge is -2.25. The first-order valence-electron chi connectivity index (χ1n) is 19.0. The van der Waals surface area contributed by atoms with Gasteiger partial charge in [0.2, 0.25) is 0 Å². The number of hydrogen-bond donors (Lipinski definition) is 2. The van der Waals surface area contributed by atoms with E-state index in [1.807, 2.05) is 60.7 Å². The monoisotopic (exact) mass is 814 g/mol. The van der Waals surface area contributed by atoms with E-state index in [1.165, 1.54) is 11.3 Å². The molecule has 5 aromatic carbocycles. The Morgan fingerprint density at radius 1 is 0.929 bits per heavy atom. The van der Waals surface area contributed by atoms with E-state index in [1.54, 1.807) is 13.0 Å². The number of aryl methyl sites for hydroxylation is 2. The van der Waals surface area contributed by atoms with Crippen LogP contribution >= 0.6 is 15.9 Å². The van der Waals surface area contributed by atoms with Crippen molar-refractivity contribution in [3.05, 3.63) is 153 Å². The van der Waals surface area contributed by atoms with E-state index in [4.69, 9.17) is 24.9 Å². The molecule has 56 heavy (non-hydrogen) atoms. The van der Waals surface area contributed by atoms with E-state index in [0.717, 1.165) is 73.4 Å². The molecule has 1 aliphatic carbocycles. The highest BCUT2D eigenvalue weighted by atomic mass is 79.9. The highest BCUT2D eigenvalue weighted by molar-refractivity contribution is 9.10. The summed E-state index contributed by atoms with van der Waals surface area (Å²) in [5.74, 6) is 2.29. The van der Waals surface area contributed by atoms with Crippen LogP contribution in [0.5, 0.6) is 17.2 Å². The summed E-state index contributed by atoms with van der Waals surface area (Å²) >= 11 is 3.59. The topological polar surface area (TPSA) is 112 Å². The quantitative estimate of drug-likeness (QED) is 0.0734. The number of para-hydroxylation sites is 2. The van der Waals surface area contributed by atoms with Gasteiger partial charge in [-0.2, -0.15) is 0 Å². The number of aromatic nitrogens is 2. The van der Waals surface area contributed by atoms with E-state index in [-0.39, 0.29) is 24.2 Å². The van der Waals surface area contributed by atoms with Gasteiger partial charge < -0.3 is 34.5 Å². The van der Waals surface area contributed by atoms with Gasteiger partial charge in [-0.1, -0.05) is 78.3 Å². The van der Waals surface area contributed by atoms with Crippen molar-refractivity contribution in [3.63, 3.8) is 0 Å². The normalized spacial score (nSPS) is 12.8. The molecule has 3 N–H and O–H groups in total. The number of halogens is 1. The molecule has 10 heteroatoms. The van der Waals surface area contributed by atoms with Crippen LogP contribution in [0.15, 0.2) is 119 Å². The summed E-state index contributed by atoms with van der Waals surface area (Å²) in [7, 11) is 0. The van der Waals surface area contributed by atoms with Gasteiger partial charge in [0, 0.05) is 33.6 Å². The van der Waals surface area contributed by atoms with Crippen LogP contribution in [-0.4, -0.2) is 33.8 Å². The summed E-state index contributed by atoms with van der Waals surface area (Å²) in [6, 6.07) is 33.9. The number of benzene rings is 5. The van der Waals surface area contributed by atoms with Gasteiger partial charge in [0.05, 0.1) is 42.1 Å².